The fourth-order valence-electron chi connectivity index (χ4n) is 2.45. The van der Waals surface area contributed by atoms with Crippen molar-refractivity contribution in [2.24, 2.45) is 5.73 Å². The summed E-state index contributed by atoms with van der Waals surface area (Å²) in [6.45, 7) is 1.93. The summed E-state index contributed by atoms with van der Waals surface area (Å²) in [7, 11) is 0. The first-order chi connectivity index (χ1) is 7.90. The molecule has 0 aliphatic heterocycles. The van der Waals surface area contributed by atoms with Crippen molar-refractivity contribution in [2.45, 2.75) is 38.1 Å². The van der Waals surface area contributed by atoms with Crippen LogP contribution in [0, 0.1) is 0 Å². The molecule has 1 atom stereocenters. The first-order valence-corrected chi connectivity index (χ1v) is 6.40. The van der Waals surface area contributed by atoms with Crippen LogP contribution in [0.25, 0.3) is 0 Å². The fourth-order valence-corrected chi connectivity index (χ4v) is 2.45. The lowest BCUT2D eigenvalue weighted by atomic mass is 9.88. The maximum absolute atomic E-state index is 5.48. The van der Waals surface area contributed by atoms with Gasteiger partial charge >= 0.3 is 0 Å². The summed E-state index contributed by atoms with van der Waals surface area (Å²) in [4.78, 5) is 0. The fraction of sp³-hybridized carbons (Fsp3) is 0.571. The molecule has 0 spiro atoms. The molecule has 3 N–H and O–H groups in total. The lowest BCUT2D eigenvalue weighted by Gasteiger charge is -2.25. The van der Waals surface area contributed by atoms with E-state index in [9.17, 15) is 0 Å². The molecule has 0 saturated heterocycles. The lowest BCUT2D eigenvalue weighted by molar-refractivity contribution is 0.451. The summed E-state index contributed by atoms with van der Waals surface area (Å²) in [5.41, 5.74) is 8.56. The van der Waals surface area contributed by atoms with Crippen LogP contribution < -0.4 is 11.1 Å². The van der Waals surface area contributed by atoms with Crippen LogP contribution in [0.2, 0.25) is 0 Å². The summed E-state index contributed by atoms with van der Waals surface area (Å²) in [6.07, 6.45) is 6.04. The third-order valence-corrected chi connectivity index (χ3v) is 3.41. The zero-order valence-electron chi connectivity index (χ0n) is 9.91. The van der Waals surface area contributed by atoms with E-state index in [1.807, 2.05) is 0 Å². The van der Waals surface area contributed by atoms with Crippen molar-refractivity contribution in [3.63, 3.8) is 0 Å². The number of rotatable bonds is 5. The molecular weight excluding hydrogens is 196 g/mol. The molecule has 2 heteroatoms. The maximum atomic E-state index is 5.48. The summed E-state index contributed by atoms with van der Waals surface area (Å²) in [5.74, 6) is 0. The topological polar surface area (TPSA) is 38.0 Å². The Labute approximate surface area is 98.2 Å². The molecule has 0 saturated carbocycles. The Morgan fingerprint density at radius 2 is 2.00 bits per heavy atom. The second-order valence-corrected chi connectivity index (χ2v) is 4.66. The predicted molar refractivity (Wildman–Crippen MR) is 68.5 cm³/mol. The van der Waals surface area contributed by atoms with Crippen LogP contribution in [-0.2, 0) is 12.8 Å². The largest absolute Gasteiger partial charge is 0.330 e. The molecule has 1 unspecified atom stereocenters. The number of nitrogens with two attached hydrogens (primary N) is 1. The molecule has 0 heterocycles. The first-order valence-electron chi connectivity index (χ1n) is 6.40. The highest BCUT2D eigenvalue weighted by atomic mass is 14.9. The van der Waals surface area contributed by atoms with Gasteiger partial charge in [0.1, 0.15) is 0 Å². The minimum atomic E-state index is 0.674. The van der Waals surface area contributed by atoms with Crippen molar-refractivity contribution in [2.75, 3.05) is 13.1 Å². The Balaban J connectivity index is 1.79. The van der Waals surface area contributed by atoms with Crippen molar-refractivity contribution >= 4 is 0 Å². The van der Waals surface area contributed by atoms with E-state index < -0.39 is 0 Å². The second kappa shape index (κ2) is 6.02. The van der Waals surface area contributed by atoms with Crippen LogP contribution in [0.3, 0.4) is 0 Å². The molecular formula is C14H22N2. The van der Waals surface area contributed by atoms with Crippen molar-refractivity contribution in [1.82, 2.24) is 5.32 Å². The Hall–Kier alpha value is -0.860. The standard InChI is InChI=1S/C14H22N2/c15-9-3-4-10-16-14-8-7-12-5-1-2-6-13(12)11-14/h1-2,5-6,14,16H,3-4,7-11,15H2. The molecule has 0 fully saturated rings. The predicted octanol–water partition coefficient (Wildman–Crippen LogP) is 1.87. The van der Waals surface area contributed by atoms with E-state index in [0.717, 1.165) is 19.5 Å². The molecule has 0 radical (unpaired) electrons. The van der Waals surface area contributed by atoms with E-state index >= 15 is 0 Å². The number of unbranched alkanes of at least 4 members (excludes halogenated alkanes) is 1. The number of hydrogen-bond acceptors (Lipinski definition) is 2. The molecule has 0 bridgehead atoms. The Morgan fingerprint density at radius 3 is 2.81 bits per heavy atom. The molecule has 88 valence electrons. The lowest BCUT2D eigenvalue weighted by Crippen LogP contribution is -2.35. The summed E-state index contributed by atoms with van der Waals surface area (Å²) >= 11 is 0. The van der Waals surface area contributed by atoms with Gasteiger partial charge in [-0.1, -0.05) is 24.3 Å². The monoisotopic (exact) mass is 218 g/mol. The highest BCUT2D eigenvalue weighted by Gasteiger charge is 2.16. The van der Waals surface area contributed by atoms with Gasteiger partial charge < -0.3 is 11.1 Å². The van der Waals surface area contributed by atoms with E-state index in [4.69, 9.17) is 5.73 Å². The SMILES string of the molecule is NCCCCNC1CCc2ccccc2C1. The smallest absolute Gasteiger partial charge is 0.0111 e. The summed E-state index contributed by atoms with van der Waals surface area (Å²) < 4.78 is 0. The minimum Gasteiger partial charge on any atom is -0.330 e. The van der Waals surface area contributed by atoms with E-state index in [2.05, 4.69) is 29.6 Å². The number of nitrogens with one attached hydrogen (secondary N) is 1. The van der Waals surface area contributed by atoms with Crippen molar-refractivity contribution in [3.05, 3.63) is 35.4 Å². The highest BCUT2D eigenvalue weighted by Crippen LogP contribution is 2.20. The maximum Gasteiger partial charge on any atom is 0.0111 e. The van der Waals surface area contributed by atoms with Crippen LogP contribution in [0.1, 0.15) is 30.4 Å². The van der Waals surface area contributed by atoms with Gasteiger partial charge in [0, 0.05) is 6.04 Å². The van der Waals surface area contributed by atoms with Gasteiger partial charge in [-0.2, -0.15) is 0 Å². The van der Waals surface area contributed by atoms with Crippen molar-refractivity contribution < 1.29 is 0 Å². The van der Waals surface area contributed by atoms with Gasteiger partial charge in [-0.3, -0.25) is 0 Å². The van der Waals surface area contributed by atoms with E-state index in [-0.39, 0.29) is 0 Å². The van der Waals surface area contributed by atoms with Gasteiger partial charge in [-0.15, -0.1) is 0 Å². The molecule has 1 aliphatic rings. The average Bonchev–Trinajstić information content (AvgIpc) is 2.34. The van der Waals surface area contributed by atoms with E-state index in [0.29, 0.717) is 6.04 Å². The molecule has 1 aromatic rings. The molecule has 16 heavy (non-hydrogen) atoms. The highest BCUT2D eigenvalue weighted by molar-refractivity contribution is 5.30. The van der Waals surface area contributed by atoms with Crippen LogP contribution in [-0.4, -0.2) is 19.1 Å². The number of benzene rings is 1. The second-order valence-electron chi connectivity index (χ2n) is 4.66. The molecule has 2 nitrogen and oxygen atoms in total. The van der Waals surface area contributed by atoms with Crippen molar-refractivity contribution in [3.8, 4) is 0 Å². The summed E-state index contributed by atoms with van der Waals surface area (Å²) in [5, 5.41) is 3.64. The summed E-state index contributed by atoms with van der Waals surface area (Å²) in [6, 6.07) is 9.50. The van der Waals surface area contributed by atoms with Gasteiger partial charge in [0.2, 0.25) is 0 Å². The van der Waals surface area contributed by atoms with Crippen molar-refractivity contribution in [1.29, 1.82) is 0 Å². The third kappa shape index (κ3) is 3.06. The molecule has 1 aliphatic carbocycles. The molecule has 2 rings (SSSR count). The minimum absolute atomic E-state index is 0.674. The molecule has 0 aromatic heterocycles. The van der Waals surface area contributed by atoms with Crippen LogP contribution in [0.4, 0.5) is 0 Å². The first kappa shape index (κ1) is 11.6. The molecule has 1 aromatic carbocycles. The Morgan fingerprint density at radius 1 is 1.19 bits per heavy atom. The third-order valence-electron chi connectivity index (χ3n) is 3.41. The van der Waals surface area contributed by atoms with Gasteiger partial charge in [0.15, 0.2) is 0 Å². The van der Waals surface area contributed by atoms with E-state index in [1.54, 1.807) is 5.56 Å². The quantitative estimate of drug-likeness (QED) is 0.740. The van der Waals surface area contributed by atoms with Crippen LogP contribution in [0.5, 0.6) is 0 Å². The average molecular weight is 218 g/mol. The Kier molecular flexibility index (Phi) is 4.37. The molecule has 0 amide bonds. The number of fused-ring (bicyclic) bond motifs is 1. The normalized spacial score (nSPS) is 19.4. The zero-order valence-corrected chi connectivity index (χ0v) is 9.91. The van der Waals surface area contributed by atoms with Gasteiger partial charge in [0.25, 0.3) is 0 Å². The zero-order chi connectivity index (χ0) is 11.2. The van der Waals surface area contributed by atoms with Gasteiger partial charge in [-0.05, 0) is 56.3 Å². The van der Waals surface area contributed by atoms with Crippen LogP contribution in [0.15, 0.2) is 24.3 Å². The van der Waals surface area contributed by atoms with Gasteiger partial charge in [0.05, 0.1) is 0 Å². The number of hydrogen-bond donors (Lipinski definition) is 2. The Bertz CT molecular complexity index is 322. The van der Waals surface area contributed by atoms with E-state index in [1.165, 1.54) is 31.2 Å². The van der Waals surface area contributed by atoms with Crippen LogP contribution >= 0.6 is 0 Å². The van der Waals surface area contributed by atoms with Gasteiger partial charge in [-0.25, -0.2) is 0 Å². The number of aryl methyl sites for hydroxylation is 1.